The zero-order valence-electron chi connectivity index (χ0n) is 11.5. The molecule has 1 saturated heterocycles. The number of nitrogens with zero attached hydrogens (tertiary/aromatic N) is 1. The maximum atomic E-state index is 13.5. The standard InChI is InChI=1S/C15H15FN2O3/c1-19-14-10(3-4-11(16)13(14)17)12-5-2-9(8-18-12)15-20-6-7-21-15/h2-5,8,15H,6-7,17H2,1H3. The lowest BCUT2D eigenvalue weighted by molar-refractivity contribution is -0.0443. The summed E-state index contributed by atoms with van der Waals surface area (Å²) in [5.41, 5.74) is 7.78. The fourth-order valence-electron chi connectivity index (χ4n) is 2.25. The van der Waals surface area contributed by atoms with Crippen molar-refractivity contribution >= 4 is 5.69 Å². The second-order valence-corrected chi connectivity index (χ2v) is 4.59. The number of benzene rings is 1. The number of hydrogen-bond acceptors (Lipinski definition) is 5. The Labute approximate surface area is 121 Å². The summed E-state index contributed by atoms with van der Waals surface area (Å²) in [5, 5.41) is 0. The van der Waals surface area contributed by atoms with Crippen LogP contribution >= 0.6 is 0 Å². The molecule has 6 heteroatoms. The van der Waals surface area contributed by atoms with E-state index in [0.717, 1.165) is 5.56 Å². The fourth-order valence-corrected chi connectivity index (χ4v) is 2.25. The third kappa shape index (κ3) is 2.55. The van der Waals surface area contributed by atoms with Gasteiger partial charge in [0.1, 0.15) is 11.5 Å². The topological polar surface area (TPSA) is 66.6 Å². The van der Waals surface area contributed by atoms with E-state index in [-0.39, 0.29) is 17.7 Å². The summed E-state index contributed by atoms with van der Waals surface area (Å²) in [7, 11) is 1.45. The molecule has 110 valence electrons. The highest BCUT2D eigenvalue weighted by molar-refractivity contribution is 5.75. The number of halogens is 1. The number of nitrogens with two attached hydrogens (primary N) is 1. The van der Waals surface area contributed by atoms with Gasteiger partial charge in [-0.05, 0) is 18.2 Å². The van der Waals surface area contributed by atoms with Crippen LogP contribution < -0.4 is 10.5 Å². The van der Waals surface area contributed by atoms with Gasteiger partial charge in [-0.2, -0.15) is 0 Å². The summed E-state index contributed by atoms with van der Waals surface area (Å²) in [6.45, 7) is 1.16. The summed E-state index contributed by atoms with van der Waals surface area (Å²) >= 11 is 0. The first-order valence-corrected chi connectivity index (χ1v) is 6.52. The van der Waals surface area contributed by atoms with E-state index in [4.69, 9.17) is 19.9 Å². The highest BCUT2D eigenvalue weighted by Gasteiger charge is 2.19. The van der Waals surface area contributed by atoms with Crippen LogP contribution in [0.1, 0.15) is 11.9 Å². The van der Waals surface area contributed by atoms with Crippen molar-refractivity contribution in [3.05, 3.63) is 41.8 Å². The maximum absolute atomic E-state index is 13.5. The van der Waals surface area contributed by atoms with Crippen molar-refractivity contribution in [2.45, 2.75) is 6.29 Å². The molecular formula is C15H15FN2O3. The summed E-state index contributed by atoms with van der Waals surface area (Å²) in [4.78, 5) is 4.35. The van der Waals surface area contributed by atoms with E-state index in [2.05, 4.69) is 4.98 Å². The van der Waals surface area contributed by atoms with Gasteiger partial charge in [0.2, 0.25) is 0 Å². The lowest BCUT2D eigenvalue weighted by Gasteiger charge is -2.13. The van der Waals surface area contributed by atoms with Crippen LogP contribution in [0.15, 0.2) is 30.5 Å². The number of nitrogen functional groups attached to an aromatic ring is 1. The Morgan fingerprint density at radius 3 is 2.62 bits per heavy atom. The van der Waals surface area contributed by atoms with Crippen LogP contribution in [0.25, 0.3) is 11.3 Å². The number of methoxy groups -OCH3 is 1. The molecule has 21 heavy (non-hydrogen) atoms. The molecule has 2 aromatic rings. The Bertz CT molecular complexity index is 640. The Morgan fingerprint density at radius 1 is 1.24 bits per heavy atom. The van der Waals surface area contributed by atoms with Gasteiger partial charge < -0.3 is 19.9 Å². The third-order valence-electron chi connectivity index (χ3n) is 3.30. The largest absolute Gasteiger partial charge is 0.494 e. The second kappa shape index (κ2) is 5.67. The Hall–Kier alpha value is -2.18. The predicted octanol–water partition coefficient (Wildman–Crippen LogP) is 2.52. The van der Waals surface area contributed by atoms with E-state index in [1.165, 1.54) is 13.2 Å². The van der Waals surface area contributed by atoms with Crippen LogP contribution in [0.2, 0.25) is 0 Å². The molecule has 2 N–H and O–H groups in total. The van der Waals surface area contributed by atoms with Crippen LogP contribution in [0.5, 0.6) is 5.75 Å². The normalized spacial score (nSPS) is 15.3. The second-order valence-electron chi connectivity index (χ2n) is 4.59. The minimum atomic E-state index is -0.514. The molecule has 1 aliphatic rings. The van der Waals surface area contributed by atoms with Gasteiger partial charge >= 0.3 is 0 Å². The predicted molar refractivity (Wildman–Crippen MR) is 75.2 cm³/mol. The van der Waals surface area contributed by atoms with Crippen molar-refractivity contribution in [2.75, 3.05) is 26.1 Å². The molecule has 0 atom stereocenters. The number of hydrogen-bond donors (Lipinski definition) is 1. The molecule has 1 aromatic heterocycles. The smallest absolute Gasteiger partial charge is 0.185 e. The van der Waals surface area contributed by atoms with Gasteiger partial charge in [-0.15, -0.1) is 0 Å². The summed E-state index contributed by atoms with van der Waals surface area (Å²) < 4.78 is 29.5. The molecule has 0 unspecified atom stereocenters. The van der Waals surface area contributed by atoms with E-state index >= 15 is 0 Å². The van der Waals surface area contributed by atoms with Gasteiger partial charge in [-0.1, -0.05) is 6.07 Å². The fraction of sp³-hybridized carbons (Fsp3) is 0.267. The number of anilines is 1. The zero-order valence-corrected chi connectivity index (χ0v) is 11.5. The zero-order chi connectivity index (χ0) is 14.8. The van der Waals surface area contributed by atoms with Crippen LogP contribution in [0, 0.1) is 5.82 Å². The molecule has 0 saturated carbocycles. The molecule has 1 fully saturated rings. The average molecular weight is 290 g/mol. The van der Waals surface area contributed by atoms with Gasteiger partial charge in [0.05, 0.1) is 26.0 Å². The molecule has 1 aromatic carbocycles. The molecule has 0 spiro atoms. The van der Waals surface area contributed by atoms with Crippen LogP contribution in [0.4, 0.5) is 10.1 Å². The van der Waals surface area contributed by atoms with Crippen LogP contribution in [-0.4, -0.2) is 25.3 Å². The van der Waals surface area contributed by atoms with E-state index in [9.17, 15) is 4.39 Å². The van der Waals surface area contributed by atoms with Gasteiger partial charge in [-0.25, -0.2) is 4.39 Å². The van der Waals surface area contributed by atoms with Crippen molar-refractivity contribution in [1.82, 2.24) is 4.98 Å². The third-order valence-corrected chi connectivity index (χ3v) is 3.30. The molecule has 1 aliphatic heterocycles. The number of pyridine rings is 1. The Balaban J connectivity index is 1.95. The summed E-state index contributed by atoms with van der Waals surface area (Å²) in [6.07, 6.45) is 1.30. The lowest BCUT2D eigenvalue weighted by atomic mass is 10.1. The van der Waals surface area contributed by atoms with Crippen molar-refractivity contribution in [3.8, 4) is 17.0 Å². The van der Waals surface area contributed by atoms with Crippen molar-refractivity contribution in [1.29, 1.82) is 0 Å². The van der Waals surface area contributed by atoms with Gasteiger partial charge in [-0.3, -0.25) is 4.98 Å². The van der Waals surface area contributed by atoms with Crippen molar-refractivity contribution < 1.29 is 18.6 Å². The highest BCUT2D eigenvalue weighted by Crippen LogP contribution is 2.36. The minimum absolute atomic E-state index is 0.0247. The van der Waals surface area contributed by atoms with Crippen LogP contribution in [-0.2, 0) is 9.47 Å². The lowest BCUT2D eigenvalue weighted by Crippen LogP contribution is -2.01. The van der Waals surface area contributed by atoms with E-state index < -0.39 is 5.82 Å². The average Bonchev–Trinajstić information content (AvgIpc) is 3.04. The Morgan fingerprint density at radius 2 is 2.00 bits per heavy atom. The van der Waals surface area contributed by atoms with Crippen molar-refractivity contribution in [3.63, 3.8) is 0 Å². The Kier molecular flexibility index (Phi) is 3.72. The van der Waals surface area contributed by atoms with Crippen molar-refractivity contribution in [2.24, 2.45) is 0 Å². The molecule has 0 bridgehead atoms. The number of rotatable bonds is 3. The quantitative estimate of drug-likeness (QED) is 0.880. The maximum Gasteiger partial charge on any atom is 0.185 e. The summed E-state index contributed by atoms with van der Waals surface area (Å²) in [5.74, 6) is -0.233. The first-order valence-electron chi connectivity index (χ1n) is 6.52. The molecule has 0 amide bonds. The van der Waals surface area contributed by atoms with E-state index in [1.807, 2.05) is 6.07 Å². The monoisotopic (exact) mass is 290 g/mol. The molecule has 0 aliphatic carbocycles. The van der Waals surface area contributed by atoms with Gasteiger partial charge in [0, 0.05) is 17.3 Å². The first-order chi connectivity index (χ1) is 10.2. The van der Waals surface area contributed by atoms with Crippen LogP contribution in [0.3, 0.4) is 0 Å². The molecule has 5 nitrogen and oxygen atoms in total. The van der Waals surface area contributed by atoms with E-state index in [1.54, 1.807) is 18.3 Å². The number of aromatic nitrogens is 1. The number of ether oxygens (including phenoxy) is 3. The molecule has 0 radical (unpaired) electrons. The van der Waals surface area contributed by atoms with Gasteiger partial charge in [0.15, 0.2) is 12.0 Å². The minimum Gasteiger partial charge on any atom is -0.494 e. The summed E-state index contributed by atoms with van der Waals surface area (Å²) in [6, 6.07) is 6.55. The SMILES string of the molecule is COc1c(-c2ccc(C3OCCO3)cn2)ccc(F)c1N. The molecular weight excluding hydrogens is 275 g/mol. The molecule has 3 rings (SSSR count). The highest BCUT2D eigenvalue weighted by atomic mass is 19.1. The van der Waals surface area contributed by atoms with Gasteiger partial charge in [0.25, 0.3) is 0 Å². The first kappa shape index (κ1) is 13.8. The van der Waals surface area contributed by atoms with E-state index in [0.29, 0.717) is 24.5 Å². The molecule has 2 heterocycles.